The molecule has 0 radical (unpaired) electrons. The molecule has 0 saturated carbocycles. The highest BCUT2D eigenvalue weighted by atomic mass is 35.5. The fourth-order valence-corrected chi connectivity index (χ4v) is 4.98. The van der Waals surface area contributed by atoms with Crippen LogP contribution in [0.4, 0.5) is 0 Å². The second-order valence-electron chi connectivity index (χ2n) is 3.40. The molecule has 2 N–H and O–H groups in total. The second-order valence-corrected chi connectivity index (χ2v) is 8.12. The highest BCUT2D eigenvalue weighted by Crippen LogP contribution is 2.35. The molecule has 0 aliphatic rings. The van der Waals surface area contributed by atoms with E-state index in [2.05, 4.69) is 0 Å². The molecule has 0 atom stereocenters. The minimum atomic E-state index is -3.64. The molecule has 102 valence electrons. The van der Waals surface area contributed by atoms with Crippen molar-refractivity contribution in [2.45, 2.75) is 18.2 Å². The zero-order chi connectivity index (χ0) is 13.9. The lowest BCUT2D eigenvalue weighted by Crippen LogP contribution is -2.33. The number of nitrogens with zero attached hydrogens (tertiary/aromatic N) is 1. The average Bonchev–Trinajstić information content (AvgIpc) is 2.58. The Bertz CT molecular complexity index is 542. The van der Waals surface area contributed by atoms with Gasteiger partial charge in [0.25, 0.3) is 0 Å². The lowest BCUT2D eigenvalue weighted by molar-refractivity contribution is 0.437. The minimum Gasteiger partial charge on any atom is -0.393 e. The summed E-state index contributed by atoms with van der Waals surface area (Å²) in [6.45, 7) is 2.28. The Morgan fingerprint density at radius 2 is 2.17 bits per heavy atom. The van der Waals surface area contributed by atoms with Crippen LogP contribution in [0, 0.1) is 0 Å². The maximum absolute atomic E-state index is 12.3. The number of nitrogens with two attached hydrogens (primary N) is 1. The number of hydrogen-bond acceptors (Lipinski definition) is 4. The van der Waals surface area contributed by atoms with Crippen LogP contribution >= 0.6 is 46.8 Å². The van der Waals surface area contributed by atoms with Gasteiger partial charge in [-0.05, 0) is 6.07 Å². The van der Waals surface area contributed by atoms with Crippen LogP contribution < -0.4 is 5.73 Å². The molecule has 0 aromatic carbocycles. The molecule has 1 aromatic heterocycles. The normalized spacial score (nSPS) is 12.0. The Balaban J connectivity index is 3.03. The molecule has 0 unspecified atom stereocenters. The van der Waals surface area contributed by atoms with Crippen LogP contribution in [0.5, 0.6) is 0 Å². The summed E-state index contributed by atoms with van der Waals surface area (Å²) < 4.78 is 26.4. The number of rotatable bonds is 6. The summed E-state index contributed by atoms with van der Waals surface area (Å²) in [5, 5.41) is 0. The lowest BCUT2D eigenvalue weighted by Gasteiger charge is -2.19. The highest BCUT2D eigenvalue weighted by Gasteiger charge is 2.27. The summed E-state index contributed by atoms with van der Waals surface area (Å²) in [4.78, 5) is 0.307. The number of hydrogen-bond donors (Lipinski definition) is 1. The van der Waals surface area contributed by atoms with Gasteiger partial charge in [0, 0.05) is 19.5 Å². The molecule has 1 rings (SSSR count). The van der Waals surface area contributed by atoms with Crippen LogP contribution in [0.3, 0.4) is 0 Å². The lowest BCUT2D eigenvalue weighted by atomic mass is 10.4. The molecule has 0 aliphatic heterocycles. The Morgan fingerprint density at radius 3 is 2.56 bits per heavy atom. The minimum absolute atomic E-state index is 0.0314. The summed E-state index contributed by atoms with van der Waals surface area (Å²) in [6, 6.07) is 1.35. The zero-order valence-corrected chi connectivity index (χ0v) is 13.5. The molecule has 9 heteroatoms. The number of thiophene rings is 1. The predicted octanol–water partition coefficient (Wildman–Crippen LogP) is 2.74. The molecule has 0 spiro atoms. The van der Waals surface area contributed by atoms with Crippen LogP contribution in [-0.4, -0.2) is 30.8 Å². The SMILES string of the molecule is CCN(CCC(N)=S)S(=O)(=O)c1cc(Cl)sc1Cl. The predicted molar refractivity (Wildman–Crippen MR) is 80.2 cm³/mol. The average molecular weight is 347 g/mol. The van der Waals surface area contributed by atoms with E-state index in [0.717, 1.165) is 11.3 Å². The molecule has 0 saturated heterocycles. The van der Waals surface area contributed by atoms with Gasteiger partial charge in [0.15, 0.2) is 0 Å². The van der Waals surface area contributed by atoms with Crippen molar-refractivity contribution in [3.05, 3.63) is 14.7 Å². The molecule has 1 heterocycles. The van der Waals surface area contributed by atoms with Gasteiger partial charge in [0.05, 0.1) is 9.32 Å². The van der Waals surface area contributed by atoms with Crippen molar-refractivity contribution >= 4 is 61.8 Å². The number of thiocarbonyl (C=S) groups is 1. The van der Waals surface area contributed by atoms with Crippen molar-refractivity contribution in [2.24, 2.45) is 5.73 Å². The monoisotopic (exact) mass is 346 g/mol. The van der Waals surface area contributed by atoms with Crippen LogP contribution in [-0.2, 0) is 10.0 Å². The smallest absolute Gasteiger partial charge is 0.245 e. The molecule has 0 amide bonds. The van der Waals surface area contributed by atoms with E-state index < -0.39 is 10.0 Å². The van der Waals surface area contributed by atoms with Gasteiger partial charge in [-0.3, -0.25) is 0 Å². The first kappa shape index (κ1) is 16.1. The topological polar surface area (TPSA) is 63.4 Å². The molecule has 4 nitrogen and oxygen atoms in total. The van der Waals surface area contributed by atoms with Crippen LogP contribution in [0.2, 0.25) is 8.67 Å². The first-order valence-electron chi connectivity index (χ1n) is 5.02. The molecule has 1 aromatic rings. The van der Waals surface area contributed by atoms with Crippen LogP contribution in [0.25, 0.3) is 0 Å². The van der Waals surface area contributed by atoms with Gasteiger partial charge < -0.3 is 5.73 Å². The van der Waals surface area contributed by atoms with E-state index in [0.29, 0.717) is 17.3 Å². The van der Waals surface area contributed by atoms with E-state index in [9.17, 15) is 8.42 Å². The Labute approximate surface area is 126 Å². The fraction of sp³-hybridized carbons (Fsp3) is 0.444. The largest absolute Gasteiger partial charge is 0.393 e. The Morgan fingerprint density at radius 1 is 1.56 bits per heavy atom. The van der Waals surface area contributed by atoms with Crippen molar-refractivity contribution < 1.29 is 8.42 Å². The van der Waals surface area contributed by atoms with Gasteiger partial charge in [0.1, 0.15) is 9.23 Å². The van der Waals surface area contributed by atoms with Crippen molar-refractivity contribution in [1.82, 2.24) is 4.31 Å². The third-order valence-electron chi connectivity index (χ3n) is 2.20. The van der Waals surface area contributed by atoms with Crippen LogP contribution in [0.15, 0.2) is 11.0 Å². The van der Waals surface area contributed by atoms with Crippen LogP contribution in [0.1, 0.15) is 13.3 Å². The van der Waals surface area contributed by atoms with E-state index in [1.165, 1.54) is 10.4 Å². The van der Waals surface area contributed by atoms with Crippen molar-refractivity contribution in [3.63, 3.8) is 0 Å². The quantitative estimate of drug-likeness (QED) is 0.804. The van der Waals surface area contributed by atoms with E-state index in [1.807, 2.05) is 0 Å². The Kier molecular flexibility index (Phi) is 5.82. The van der Waals surface area contributed by atoms with Crippen molar-refractivity contribution in [2.75, 3.05) is 13.1 Å². The standard InChI is InChI=1S/C9H12Cl2N2O2S3/c1-2-13(4-3-8(12)16)18(14,15)6-5-7(10)17-9(6)11/h5H,2-4H2,1H3,(H2,12,16). The first-order chi connectivity index (χ1) is 8.28. The summed E-state index contributed by atoms with van der Waals surface area (Å²) in [5.41, 5.74) is 5.38. The third-order valence-corrected chi connectivity index (χ3v) is 6.13. The molecular weight excluding hydrogens is 335 g/mol. The molecule has 0 bridgehead atoms. The van der Waals surface area contributed by atoms with Gasteiger partial charge in [-0.1, -0.05) is 42.3 Å². The molecule has 18 heavy (non-hydrogen) atoms. The Hall–Kier alpha value is 0.0800. The molecule has 0 fully saturated rings. The summed E-state index contributed by atoms with van der Waals surface area (Å²) in [5.74, 6) is 0. The second kappa shape index (κ2) is 6.49. The van der Waals surface area contributed by atoms with Crippen molar-refractivity contribution in [3.8, 4) is 0 Å². The third kappa shape index (κ3) is 3.79. The molecule has 0 aliphatic carbocycles. The summed E-state index contributed by atoms with van der Waals surface area (Å²) in [6.07, 6.45) is 0.331. The number of halogens is 2. The molecular formula is C9H12Cl2N2O2S3. The van der Waals surface area contributed by atoms with Gasteiger partial charge >= 0.3 is 0 Å². The summed E-state index contributed by atoms with van der Waals surface area (Å²) >= 11 is 17.4. The van der Waals surface area contributed by atoms with E-state index in [4.69, 9.17) is 41.2 Å². The van der Waals surface area contributed by atoms with Gasteiger partial charge in [-0.25, -0.2) is 8.42 Å². The van der Waals surface area contributed by atoms with Gasteiger partial charge in [-0.2, -0.15) is 4.31 Å². The van der Waals surface area contributed by atoms with E-state index >= 15 is 0 Å². The van der Waals surface area contributed by atoms with E-state index in [1.54, 1.807) is 6.92 Å². The van der Waals surface area contributed by atoms with Crippen molar-refractivity contribution in [1.29, 1.82) is 0 Å². The summed E-state index contributed by atoms with van der Waals surface area (Å²) in [7, 11) is -3.64. The maximum Gasteiger partial charge on any atom is 0.245 e. The number of sulfonamides is 1. The first-order valence-corrected chi connectivity index (χ1v) is 8.44. The fourth-order valence-electron chi connectivity index (χ4n) is 1.32. The van der Waals surface area contributed by atoms with Gasteiger partial charge in [0.2, 0.25) is 10.0 Å². The maximum atomic E-state index is 12.3. The zero-order valence-electron chi connectivity index (χ0n) is 9.52. The van der Waals surface area contributed by atoms with E-state index in [-0.39, 0.29) is 20.8 Å². The highest BCUT2D eigenvalue weighted by molar-refractivity contribution is 7.89. The van der Waals surface area contributed by atoms with Gasteiger partial charge in [-0.15, -0.1) is 11.3 Å².